The number of carbonyl (C=O) groups is 1. The lowest BCUT2D eigenvalue weighted by atomic mass is 9.97. The summed E-state index contributed by atoms with van der Waals surface area (Å²) in [6, 6.07) is 10.3. The van der Waals surface area contributed by atoms with Crippen molar-refractivity contribution in [2.45, 2.75) is 38.5 Å². The minimum absolute atomic E-state index is 0.0478. The first kappa shape index (κ1) is 20.3. The van der Waals surface area contributed by atoms with E-state index >= 15 is 0 Å². The average Bonchev–Trinajstić information content (AvgIpc) is 3.24. The van der Waals surface area contributed by atoms with Gasteiger partial charge in [-0.2, -0.15) is 4.37 Å². The number of piperidine rings is 2. The molecule has 1 amide bonds. The van der Waals surface area contributed by atoms with Gasteiger partial charge >= 0.3 is 0 Å². The van der Waals surface area contributed by atoms with Crippen molar-refractivity contribution in [3.8, 4) is 0 Å². The summed E-state index contributed by atoms with van der Waals surface area (Å²) in [5.41, 5.74) is 1.22. The number of anilines is 1. The van der Waals surface area contributed by atoms with Crippen LogP contribution in [0.1, 0.15) is 43.5 Å². The lowest BCUT2D eigenvalue weighted by molar-refractivity contribution is -0.125. The van der Waals surface area contributed by atoms with Crippen LogP contribution >= 0.6 is 11.5 Å². The maximum atomic E-state index is 12.7. The third-order valence-electron chi connectivity index (χ3n) is 5.90. The Morgan fingerprint density at radius 3 is 2.76 bits per heavy atom. The Balaban J connectivity index is 1.26. The summed E-state index contributed by atoms with van der Waals surface area (Å²) < 4.78 is 4.54. The predicted octanol–water partition coefficient (Wildman–Crippen LogP) is 2.95. The fourth-order valence-corrected chi connectivity index (χ4v) is 4.97. The number of nitrogens with zero attached hydrogens (tertiary/aromatic N) is 4. The Morgan fingerprint density at radius 2 is 1.93 bits per heavy atom. The van der Waals surface area contributed by atoms with E-state index < -0.39 is 0 Å². The highest BCUT2D eigenvalue weighted by molar-refractivity contribution is 7.09. The highest BCUT2D eigenvalue weighted by atomic mass is 32.1. The van der Waals surface area contributed by atoms with Crippen molar-refractivity contribution in [1.82, 2.24) is 19.6 Å². The minimum atomic E-state index is 0.0478. The molecule has 1 atom stereocenters. The maximum Gasteiger partial charge on any atom is 0.224 e. The van der Waals surface area contributed by atoms with E-state index in [0.717, 1.165) is 56.4 Å². The summed E-state index contributed by atoms with van der Waals surface area (Å²) in [7, 11) is 0. The second-order valence-corrected chi connectivity index (χ2v) is 8.86. The fraction of sp³-hybridized carbons (Fsp3) is 0.591. The van der Waals surface area contributed by atoms with E-state index in [1.165, 1.54) is 49.4 Å². The molecule has 3 heterocycles. The molecule has 2 aliphatic heterocycles. The highest BCUT2D eigenvalue weighted by Crippen LogP contribution is 2.25. The summed E-state index contributed by atoms with van der Waals surface area (Å²) >= 11 is 1.45. The van der Waals surface area contributed by atoms with Crippen LogP contribution in [0.2, 0.25) is 0 Å². The lowest BCUT2D eigenvalue weighted by Gasteiger charge is -2.32. The molecule has 0 bridgehead atoms. The number of aromatic nitrogens is 2. The lowest BCUT2D eigenvalue weighted by Crippen LogP contribution is -2.45. The molecule has 1 aromatic heterocycles. The van der Waals surface area contributed by atoms with E-state index in [1.807, 2.05) is 18.2 Å². The largest absolute Gasteiger partial charge is 0.355 e. The fourth-order valence-electron chi connectivity index (χ4n) is 4.25. The molecule has 1 N–H and O–H groups in total. The molecule has 2 saturated heterocycles. The second-order valence-electron chi connectivity index (χ2n) is 8.13. The quantitative estimate of drug-likeness (QED) is 0.756. The van der Waals surface area contributed by atoms with E-state index in [1.54, 1.807) is 0 Å². The van der Waals surface area contributed by atoms with Crippen LogP contribution in [-0.2, 0) is 11.2 Å². The highest BCUT2D eigenvalue weighted by Gasteiger charge is 2.27. The standard InChI is InChI=1S/C22H31N5OS/c28-21(23-11-15-26-12-5-2-6-13-26)19-10-7-14-27(17-19)22-24-20(25-29-22)16-18-8-3-1-4-9-18/h1,3-4,8-9,19H,2,5-7,10-17H2,(H,23,28). The van der Waals surface area contributed by atoms with Gasteiger partial charge in [-0.25, -0.2) is 4.98 Å². The molecule has 156 valence electrons. The van der Waals surface area contributed by atoms with Gasteiger partial charge in [-0.3, -0.25) is 4.79 Å². The number of hydrogen-bond donors (Lipinski definition) is 1. The normalized spacial score (nSPS) is 20.6. The summed E-state index contributed by atoms with van der Waals surface area (Å²) in [4.78, 5) is 22.1. The van der Waals surface area contributed by atoms with Crippen LogP contribution in [0.5, 0.6) is 0 Å². The molecule has 2 fully saturated rings. The molecule has 2 aliphatic rings. The van der Waals surface area contributed by atoms with Crippen molar-refractivity contribution in [2.24, 2.45) is 5.92 Å². The number of rotatable bonds is 7. The van der Waals surface area contributed by atoms with Gasteiger partial charge in [0.05, 0.1) is 5.92 Å². The van der Waals surface area contributed by atoms with Crippen LogP contribution in [-0.4, -0.2) is 59.4 Å². The minimum Gasteiger partial charge on any atom is -0.355 e. The zero-order valence-electron chi connectivity index (χ0n) is 17.1. The van der Waals surface area contributed by atoms with Crippen LogP contribution < -0.4 is 10.2 Å². The first-order valence-electron chi connectivity index (χ1n) is 10.9. The van der Waals surface area contributed by atoms with Gasteiger partial charge in [-0.1, -0.05) is 36.8 Å². The molecule has 1 aromatic carbocycles. The first-order valence-corrected chi connectivity index (χ1v) is 11.7. The Morgan fingerprint density at radius 1 is 1.10 bits per heavy atom. The molecule has 7 heteroatoms. The van der Waals surface area contributed by atoms with Crippen molar-refractivity contribution in [1.29, 1.82) is 0 Å². The SMILES string of the molecule is O=C(NCCN1CCCCC1)C1CCCN(c2nc(Cc3ccccc3)ns2)C1. The van der Waals surface area contributed by atoms with Crippen LogP contribution in [0.15, 0.2) is 30.3 Å². The van der Waals surface area contributed by atoms with E-state index in [9.17, 15) is 4.79 Å². The van der Waals surface area contributed by atoms with Crippen LogP contribution in [0, 0.1) is 5.92 Å². The average molecular weight is 414 g/mol. The van der Waals surface area contributed by atoms with E-state index in [4.69, 9.17) is 4.98 Å². The van der Waals surface area contributed by atoms with Gasteiger partial charge in [-0.15, -0.1) is 0 Å². The molecular weight excluding hydrogens is 382 g/mol. The molecule has 0 radical (unpaired) electrons. The third-order valence-corrected chi connectivity index (χ3v) is 6.72. The number of amides is 1. The smallest absolute Gasteiger partial charge is 0.224 e. The zero-order valence-corrected chi connectivity index (χ0v) is 17.9. The Hall–Kier alpha value is -1.99. The molecule has 0 aliphatic carbocycles. The molecule has 4 rings (SSSR count). The molecule has 29 heavy (non-hydrogen) atoms. The van der Waals surface area contributed by atoms with Crippen LogP contribution in [0.3, 0.4) is 0 Å². The number of benzene rings is 1. The van der Waals surface area contributed by atoms with Crippen LogP contribution in [0.25, 0.3) is 0 Å². The van der Waals surface area contributed by atoms with E-state index in [0.29, 0.717) is 0 Å². The summed E-state index contributed by atoms with van der Waals surface area (Å²) in [6.07, 6.45) is 6.67. The molecule has 2 aromatic rings. The van der Waals surface area contributed by atoms with E-state index in [-0.39, 0.29) is 11.8 Å². The third kappa shape index (κ3) is 5.76. The van der Waals surface area contributed by atoms with Crippen molar-refractivity contribution < 1.29 is 4.79 Å². The van der Waals surface area contributed by atoms with Gasteiger partial charge in [0.2, 0.25) is 11.0 Å². The molecule has 1 unspecified atom stereocenters. The Labute approximate surface area is 177 Å². The topological polar surface area (TPSA) is 61.4 Å². The maximum absolute atomic E-state index is 12.7. The van der Waals surface area contributed by atoms with Gasteiger partial charge in [0, 0.05) is 44.1 Å². The van der Waals surface area contributed by atoms with Gasteiger partial charge in [0.1, 0.15) is 5.82 Å². The van der Waals surface area contributed by atoms with Gasteiger partial charge in [-0.05, 0) is 44.3 Å². The second kappa shape index (κ2) is 10.2. The first-order chi connectivity index (χ1) is 14.3. The summed E-state index contributed by atoms with van der Waals surface area (Å²) in [5.74, 6) is 1.11. The molecule has 0 spiro atoms. The van der Waals surface area contributed by atoms with Crippen molar-refractivity contribution in [3.05, 3.63) is 41.7 Å². The number of nitrogens with one attached hydrogen (secondary N) is 1. The predicted molar refractivity (Wildman–Crippen MR) is 117 cm³/mol. The molecular formula is C22H31N5OS. The number of likely N-dealkylation sites (tertiary alicyclic amines) is 1. The van der Waals surface area contributed by atoms with Gasteiger partial charge in [0.25, 0.3) is 0 Å². The van der Waals surface area contributed by atoms with Crippen molar-refractivity contribution in [3.63, 3.8) is 0 Å². The van der Waals surface area contributed by atoms with Crippen molar-refractivity contribution >= 4 is 22.6 Å². The Kier molecular flexibility index (Phi) is 7.11. The van der Waals surface area contributed by atoms with Crippen molar-refractivity contribution in [2.75, 3.05) is 44.2 Å². The monoisotopic (exact) mass is 413 g/mol. The zero-order chi connectivity index (χ0) is 19.9. The van der Waals surface area contributed by atoms with Gasteiger partial charge in [0.15, 0.2) is 0 Å². The number of carbonyl (C=O) groups excluding carboxylic acids is 1. The summed E-state index contributed by atoms with van der Waals surface area (Å²) in [6.45, 7) is 5.79. The molecule has 6 nitrogen and oxygen atoms in total. The van der Waals surface area contributed by atoms with Crippen LogP contribution in [0.4, 0.5) is 5.13 Å². The molecule has 0 saturated carbocycles. The summed E-state index contributed by atoms with van der Waals surface area (Å²) in [5, 5.41) is 4.12. The number of hydrogen-bond acceptors (Lipinski definition) is 6. The van der Waals surface area contributed by atoms with Gasteiger partial charge < -0.3 is 15.1 Å². The Bertz CT molecular complexity index is 775. The van der Waals surface area contributed by atoms with E-state index in [2.05, 4.69) is 31.6 Å².